The summed E-state index contributed by atoms with van der Waals surface area (Å²) in [5.41, 5.74) is 0.497. The van der Waals surface area contributed by atoms with Gasteiger partial charge in [0.15, 0.2) is 0 Å². The van der Waals surface area contributed by atoms with Gasteiger partial charge in [-0.2, -0.15) is 0 Å². The topological polar surface area (TPSA) is 105 Å². The van der Waals surface area contributed by atoms with E-state index in [9.17, 15) is 14.9 Å². The molecule has 102 valence electrons. The predicted octanol–water partition coefficient (Wildman–Crippen LogP) is 1.96. The lowest BCUT2D eigenvalue weighted by atomic mass is 10.1. The third-order valence-corrected chi connectivity index (χ3v) is 3.43. The highest BCUT2D eigenvalue weighted by Crippen LogP contribution is 2.31. The second-order valence-corrected chi connectivity index (χ2v) is 4.77. The summed E-state index contributed by atoms with van der Waals surface area (Å²) in [6, 6.07) is 1.51. The molecule has 2 N–H and O–H groups in total. The minimum atomic E-state index is -0.809. The number of aryl methyl sites for hydroxylation is 1. The second-order valence-electron chi connectivity index (χ2n) is 4.77. The van der Waals surface area contributed by atoms with Crippen LogP contribution in [-0.2, 0) is 4.79 Å². The molecule has 2 rings (SSSR count). The van der Waals surface area contributed by atoms with E-state index >= 15 is 0 Å². The van der Waals surface area contributed by atoms with Gasteiger partial charge in [-0.15, -0.1) is 0 Å². The van der Waals surface area contributed by atoms with Crippen LogP contribution in [0.3, 0.4) is 0 Å². The van der Waals surface area contributed by atoms with E-state index in [1.54, 1.807) is 13.0 Å². The van der Waals surface area contributed by atoms with Crippen LogP contribution in [0.1, 0.15) is 24.8 Å². The van der Waals surface area contributed by atoms with Crippen LogP contribution < -0.4 is 5.32 Å². The molecule has 1 fully saturated rings. The van der Waals surface area contributed by atoms with Crippen molar-refractivity contribution in [2.45, 2.75) is 32.2 Å². The van der Waals surface area contributed by atoms with Gasteiger partial charge >= 0.3 is 11.7 Å². The first-order valence-corrected chi connectivity index (χ1v) is 6.08. The molecular formula is C12H15N3O4. The van der Waals surface area contributed by atoms with Gasteiger partial charge in [0.05, 0.1) is 10.8 Å². The summed E-state index contributed by atoms with van der Waals surface area (Å²) >= 11 is 0. The van der Waals surface area contributed by atoms with E-state index < -0.39 is 10.9 Å². The van der Waals surface area contributed by atoms with Crippen molar-refractivity contribution in [1.29, 1.82) is 0 Å². The summed E-state index contributed by atoms with van der Waals surface area (Å²) in [5.74, 6) is -0.960. The number of nitro groups is 1. The van der Waals surface area contributed by atoms with Crippen molar-refractivity contribution in [3.05, 3.63) is 27.9 Å². The van der Waals surface area contributed by atoms with E-state index in [1.807, 2.05) is 0 Å². The number of rotatable bonds is 4. The fourth-order valence-electron chi connectivity index (χ4n) is 2.42. The minimum absolute atomic E-state index is 0.0405. The third kappa shape index (κ3) is 2.81. The van der Waals surface area contributed by atoms with Crippen LogP contribution in [-0.4, -0.2) is 27.0 Å². The van der Waals surface area contributed by atoms with Crippen LogP contribution in [0.25, 0.3) is 0 Å². The Balaban J connectivity index is 2.14. The Kier molecular flexibility index (Phi) is 3.64. The number of nitrogens with zero attached hydrogens (tertiary/aromatic N) is 2. The predicted molar refractivity (Wildman–Crippen MR) is 68.0 cm³/mol. The summed E-state index contributed by atoms with van der Waals surface area (Å²) in [5, 5.41) is 23.0. The van der Waals surface area contributed by atoms with Gasteiger partial charge in [0.25, 0.3) is 0 Å². The maximum absolute atomic E-state index is 11.0. The van der Waals surface area contributed by atoms with Gasteiger partial charge in [0.2, 0.25) is 5.82 Å². The number of hydrogen-bond donors (Lipinski definition) is 2. The van der Waals surface area contributed by atoms with Crippen molar-refractivity contribution in [2.24, 2.45) is 5.92 Å². The number of carboxylic acid groups (broad SMARTS) is 1. The summed E-state index contributed by atoms with van der Waals surface area (Å²) in [4.78, 5) is 25.4. The molecule has 1 aliphatic rings. The number of aliphatic carboxylic acids is 1. The molecule has 0 radical (unpaired) electrons. The number of pyridine rings is 1. The molecule has 1 aromatic heterocycles. The Hall–Kier alpha value is -2.18. The highest BCUT2D eigenvalue weighted by molar-refractivity contribution is 5.70. The first-order valence-electron chi connectivity index (χ1n) is 6.08. The van der Waals surface area contributed by atoms with Crippen LogP contribution in [0.4, 0.5) is 11.5 Å². The molecule has 0 aliphatic heterocycles. The Morgan fingerprint density at radius 1 is 1.58 bits per heavy atom. The Bertz CT molecular complexity index is 518. The Morgan fingerprint density at radius 3 is 2.89 bits per heavy atom. The molecule has 2 atom stereocenters. The zero-order valence-corrected chi connectivity index (χ0v) is 10.5. The number of carbonyl (C=O) groups is 1. The highest BCUT2D eigenvalue weighted by Gasteiger charge is 2.31. The zero-order valence-electron chi connectivity index (χ0n) is 10.5. The third-order valence-electron chi connectivity index (χ3n) is 3.43. The maximum Gasteiger partial charge on any atom is 0.314 e. The first kappa shape index (κ1) is 13.3. The van der Waals surface area contributed by atoms with E-state index in [0.717, 1.165) is 0 Å². The SMILES string of the molecule is Cc1ccnc(NC2CCC(C(=O)O)C2)c1[N+](=O)[O-]. The molecule has 7 heteroatoms. The van der Waals surface area contributed by atoms with Crippen molar-refractivity contribution in [2.75, 3.05) is 5.32 Å². The fourth-order valence-corrected chi connectivity index (χ4v) is 2.42. The lowest BCUT2D eigenvalue weighted by molar-refractivity contribution is -0.384. The molecule has 1 aromatic rings. The molecule has 2 unspecified atom stereocenters. The molecule has 1 aliphatic carbocycles. The van der Waals surface area contributed by atoms with E-state index in [0.29, 0.717) is 24.8 Å². The van der Waals surface area contributed by atoms with E-state index in [2.05, 4.69) is 10.3 Å². The van der Waals surface area contributed by atoms with Crippen LogP contribution in [0.2, 0.25) is 0 Å². The van der Waals surface area contributed by atoms with E-state index in [1.165, 1.54) is 6.20 Å². The summed E-state index contributed by atoms with van der Waals surface area (Å²) in [6.45, 7) is 1.65. The average Bonchev–Trinajstić information content (AvgIpc) is 2.77. The lowest BCUT2D eigenvalue weighted by Gasteiger charge is -2.13. The zero-order chi connectivity index (χ0) is 14.0. The van der Waals surface area contributed by atoms with Gasteiger partial charge in [-0.3, -0.25) is 14.9 Å². The second kappa shape index (κ2) is 5.21. The molecule has 0 amide bonds. The van der Waals surface area contributed by atoms with Crippen molar-refractivity contribution in [3.63, 3.8) is 0 Å². The molecule has 7 nitrogen and oxygen atoms in total. The van der Waals surface area contributed by atoms with Gasteiger partial charge in [-0.1, -0.05) is 0 Å². The van der Waals surface area contributed by atoms with Crippen molar-refractivity contribution in [1.82, 2.24) is 4.98 Å². The molecule has 0 bridgehead atoms. The first-order chi connectivity index (χ1) is 8.99. The Labute approximate surface area is 109 Å². The van der Waals surface area contributed by atoms with Gasteiger partial charge in [-0.05, 0) is 32.3 Å². The summed E-state index contributed by atoms with van der Waals surface area (Å²) < 4.78 is 0. The summed E-state index contributed by atoms with van der Waals surface area (Å²) in [7, 11) is 0. The normalized spacial score (nSPS) is 22.2. The highest BCUT2D eigenvalue weighted by atomic mass is 16.6. The number of carboxylic acids is 1. The van der Waals surface area contributed by atoms with Crippen LogP contribution in [0.15, 0.2) is 12.3 Å². The van der Waals surface area contributed by atoms with Crippen molar-refractivity contribution in [3.8, 4) is 0 Å². The average molecular weight is 265 g/mol. The van der Waals surface area contributed by atoms with Gasteiger partial charge in [0.1, 0.15) is 0 Å². The maximum atomic E-state index is 11.0. The molecule has 19 heavy (non-hydrogen) atoms. The standard InChI is InChI=1S/C12H15N3O4/c1-7-4-5-13-11(10(7)15(18)19)14-9-3-2-8(6-9)12(16)17/h4-5,8-9H,2-3,6H2,1H3,(H,13,14)(H,16,17). The fraction of sp³-hybridized carbons (Fsp3) is 0.500. The molecule has 0 saturated heterocycles. The van der Waals surface area contributed by atoms with E-state index in [4.69, 9.17) is 5.11 Å². The number of anilines is 1. The molecule has 1 heterocycles. The van der Waals surface area contributed by atoms with Crippen molar-refractivity contribution >= 4 is 17.5 Å². The van der Waals surface area contributed by atoms with Crippen LogP contribution in [0, 0.1) is 23.0 Å². The van der Waals surface area contributed by atoms with E-state index in [-0.39, 0.29) is 23.5 Å². The molecule has 0 aromatic carbocycles. The lowest BCUT2D eigenvalue weighted by Crippen LogP contribution is -2.19. The van der Waals surface area contributed by atoms with Crippen molar-refractivity contribution < 1.29 is 14.8 Å². The van der Waals surface area contributed by atoms with Crippen LogP contribution >= 0.6 is 0 Å². The number of hydrogen-bond acceptors (Lipinski definition) is 5. The minimum Gasteiger partial charge on any atom is -0.481 e. The number of aromatic nitrogens is 1. The number of nitrogens with one attached hydrogen (secondary N) is 1. The monoisotopic (exact) mass is 265 g/mol. The molecular weight excluding hydrogens is 250 g/mol. The smallest absolute Gasteiger partial charge is 0.314 e. The largest absolute Gasteiger partial charge is 0.481 e. The van der Waals surface area contributed by atoms with Gasteiger partial charge < -0.3 is 10.4 Å². The van der Waals surface area contributed by atoms with Crippen LogP contribution in [0.5, 0.6) is 0 Å². The molecule has 1 saturated carbocycles. The Morgan fingerprint density at radius 2 is 2.32 bits per heavy atom. The van der Waals surface area contributed by atoms with Gasteiger partial charge in [0, 0.05) is 17.8 Å². The molecule has 0 spiro atoms. The summed E-state index contributed by atoms with van der Waals surface area (Å²) in [6.07, 6.45) is 3.26. The van der Waals surface area contributed by atoms with Gasteiger partial charge in [-0.25, -0.2) is 4.98 Å². The quantitative estimate of drug-likeness (QED) is 0.636.